The van der Waals surface area contributed by atoms with Crippen molar-refractivity contribution in [2.24, 2.45) is 0 Å². The predicted octanol–water partition coefficient (Wildman–Crippen LogP) is 2.11. The summed E-state index contributed by atoms with van der Waals surface area (Å²) in [5, 5.41) is 3.55. The molecule has 0 amide bonds. The molecule has 0 rings (SSSR count). The zero-order valence-corrected chi connectivity index (χ0v) is 11.1. The van der Waals surface area contributed by atoms with Gasteiger partial charge in [0.15, 0.2) is 0 Å². The van der Waals surface area contributed by atoms with E-state index in [2.05, 4.69) is 56.9 Å². The second kappa shape index (κ2) is 6.87. The quantitative estimate of drug-likeness (QED) is 0.676. The molecule has 15 heavy (non-hydrogen) atoms. The Bertz CT molecular complexity index is 224. The highest BCUT2D eigenvalue weighted by Crippen LogP contribution is 2.22. The number of nitrogens with zero attached hydrogens (tertiary/aromatic N) is 1. The molecule has 2 nitrogen and oxygen atoms in total. The Hall–Kier alpha value is -0.520. The monoisotopic (exact) mass is 210 g/mol. The van der Waals surface area contributed by atoms with E-state index in [1.807, 2.05) is 6.92 Å². The first-order chi connectivity index (χ1) is 7.02. The van der Waals surface area contributed by atoms with Gasteiger partial charge in [-0.05, 0) is 40.9 Å². The molecule has 0 radical (unpaired) electrons. The molecule has 0 aliphatic carbocycles. The van der Waals surface area contributed by atoms with Gasteiger partial charge in [0.25, 0.3) is 0 Å². The van der Waals surface area contributed by atoms with Gasteiger partial charge in [-0.15, -0.1) is 11.8 Å². The Morgan fingerprint density at radius 3 is 2.27 bits per heavy atom. The van der Waals surface area contributed by atoms with Gasteiger partial charge in [-0.25, -0.2) is 0 Å². The third-order valence-electron chi connectivity index (χ3n) is 3.42. The molecule has 0 aliphatic heterocycles. The smallest absolute Gasteiger partial charge is 0.0358 e. The first-order valence-corrected chi connectivity index (χ1v) is 5.83. The van der Waals surface area contributed by atoms with Crippen molar-refractivity contribution in [3.63, 3.8) is 0 Å². The minimum atomic E-state index is 0.180. The van der Waals surface area contributed by atoms with Crippen molar-refractivity contribution < 1.29 is 0 Å². The van der Waals surface area contributed by atoms with E-state index < -0.39 is 0 Å². The summed E-state index contributed by atoms with van der Waals surface area (Å²) in [7, 11) is 4.29. The molecule has 0 heterocycles. The summed E-state index contributed by atoms with van der Waals surface area (Å²) in [6, 6.07) is 0.440. The molecule has 0 saturated heterocycles. The Balaban J connectivity index is 4.72. The van der Waals surface area contributed by atoms with Crippen LogP contribution in [-0.2, 0) is 0 Å². The Morgan fingerprint density at radius 1 is 1.33 bits per heavy atom. The topological polar surface area (TPSA) is 15.3 Å². The van der Waals surface area contributed by atoms with Crippen LogP contribution < -0.4 is 5.32 Å². The first-order valence-electron chi connectivity index (χ1n) is 5.83. The summed E-state index contributed by atoms with van der Waals surface area (Å²) in [6.07, 6.45) is 2.05. The molecule has 0 aliphatic rings. The van der Waals surface area contributed by atoms with Crippen LogP contribution in [0.2, 0.25) is 0 Å². The summed E-state index contributed by atoms with van der Waals surface area (Å²) in [5.41, 5.74) is 0.180. The van der Waals surface area contributed by atoms with E-state index in [9.17, 15) is 0 Å². The predicted molar refractivity (Wildman–Crippen MR) is 67.9 cm³/mol. The molecular weight excluding hydrogens is 184 g/mol. The maximum Gasteiger partial charge on any atom is 0.0358 e. The van der Waals surface area contributed by atoms with E-state index in [0.717, 1.165) is 19.4 Å². The minimum Gasteiger partial charge on any atom is -0.312 e. The lowest BCUT2D eigenvalue weighted by Crippen LogP contribution is -2.56. The molecule has 2 heteroatoms. The summed E-state index contributed by atoms with van der Waals surface area (Å²) >= 11 is 0. The molecule has 0 saturated carbocycles. The zero-order valence-electron chi connectivity index (χ0n) is 11.1. The Kier molecular flexibility index (Phi) is 6.63. The number of hydrogen-bond donors (Lipinski definition) is 1. The van der Waals surface area contributed by atoms with E-state index in [0.29, 0.717) is 6.04 Å². The fourth-order valence-electron chi connectivity index (χ4n) is 1.84. The second-order valence-electron chi connectivity index (χ2n) is 4.35. The summed E-state index contributed by atoms with van der Waals surface area (Å²) < 4.78 is 0. The van der Waals surface area contributed by atoms with Crippen molar-refractivity contribution in [2.45, 2.75) is 52.1 Å². The third kappa shape index (κ3) is 3.85. The lowest BCUT2D eigenvalue weighted by Gasteiger charge is -2.42. The Morgan fingerprint density at radius 2 is 1.93 bits per heavy atom. The lowest BCUT2D eigenvalue weighted by molar-refractivity contribution is 0.115. The van der Waals surface area contributed by atoms with Gasteiger partial charge in [-0.2, -0.15) is 0 Å². The average Bonchev–Trinajstić information content (AvgIpc) is 2.22. The van der Waals surface area contributed by atoms with Crippen molar-refractivity contribution >= 4 is 0 Å². The van der Waals surface area contributed by atoms with Crippen molar-refractivity contribution in [1.82, 2.24) is 10.2 Å². The van der Waals surface area contributed by atoms with Crippen LogP contribution in [0.25, 0.3) is 0 Å². The molecule has 0 aromatic rings. The van der Waals surface area contributed by atoms with Gasteiger partial charge < -0.3 is 10.2 Å². The molecule has 88 valence electrons. The molecule has 0 aromatic carbocycles. The first kappa shape index (κ1) is 14.5. The van der Waals surface area contributed by atoms with Crippen LogP contribution in [0, 0.1) is 11.8 Å². The minimum absolute atomic E-state index is 0.180. The van der Waals surface area contributed by atoms with Crippen LogP contribution in [0.5, 0.6) is 0 Å². The van der Waals surface area contributed by atoms with Gasteiger partial charge in [0, 0.05) is 18.0 Å². The van der Waals surface area contributed by atoms with Crippen LogP contribution in [0.3, 0.4) is 0 Å². The van der Waals surface area contributed by atoms with Crippen LogP contribution in [0.4, 0.5) is 0 Å². The number of nitrogens with one attached hydrogen (secondary N) is 1. The van der Waals surface area contributed by atoms with E-state index in [1.54, 1.807) is 0 Å². The van der Waals surface area contributed by atoms with E-state index >= 15 is 0 Å². The zero-order chi connectivity index (χ0) is 11.9. The van der Waals surface area contributed by atoms with Gasteiger partial charge in [-0.3, -0.25) is 0 Å². The normalized spacial score (nSPS) is 16.7. The lowest BCUT2D eigenvalue weighted by atomic mass is 9.86. The van der Waals surface area contributed by atoms with E-state index in [4.69, 9.17) is 0 Å². The standard InChI is InChI=1S/C13H26N2/c1-7-10-11-12(14-9-3)13(4,8-2)15(5)6/h12,14H,8-9,11H2,1-6H3. The maximum absolute atomic E-state index is 3.55. The highest BCUT2D eigenvalue weighted by molar-refractivity contribution is 5.04. The van der Waals surface area contributed by atoms with Crippen molar-refractivity contribution in [3.05, 3.63) is 0 Å². The summed E-state index contributed by atoms with van der Waals surface area (Å²) in [4.78, 5) is 2.30. The maximum atomic E-state index is 3.55. The van der Waals surface area contributed by atoms with Gasteiger partial charge in [0.2, 0.25) is 0 Å². The van der Waals surface area contributed by atoms with Crippen molar-refractivity contribution in [1.29, 1.82) is 0 Å². The van der Waals surface area contributed by atoms with Crippen molar-refractivity contribution in [3.8, 4) is 11.8 Å². The highest BCUT2D eigenvalue weighted by Gasteiger charge is 2.33. The number of hydrogen-bond acceptors (Lipinski definition) is 2. The van der Waals surface area contributed by atoms with Crippen LogP contribution >= 0.6 is 0 Å². The molecule has 1 N–H and O–H groups in total. The van der Waals surface area contributed by atoms with Crippen LogP contribution in [0.15, 0.2) is 0 Å². The molecular formula is C13H26N2. The van der Waals surface area contributed by atoms with Crippen LogP contribution in [0.1, 0.15) is 40.5 Å². The summed E-state index contributed by atoms with van der Waals surface area (Å²) in [5.74, 6) is 6.17. The van der Waals surface area contributed by atoms with Gasteiger partial charge in [0.05, 0.1) is 0 Å². The van der Waals surface area contributed by atoms with Gasteiger partial charge in [-0.1, -0.05) is 13.8 Å². The van der Waals surface area contributed by atoms with E-state index in [-0.39, 0.29) is 5.54 Å². The Labute approximate surface area is 95.4 Å². The fraction of sp³-hybridized carbons (Fsp3) is 0.846. The number of likely N-dealkylation sites (N-methyl/N-ethyl adjacent to an activating group) is 2. The molecule has 2 atom stereocenters. The summed E-state index contributed by atoms with van der Waals surface area (Å²) in [6.45, 7) is 9.60. The molecule has 0 fully saturated rings. The molecule has 0 aromatic heterocycles. The van der Waals surface area contributed by atoms with Gasteiger partial charge in [0.1, 0.15) is 0 Å². The molecule has 2 unspecified atom stereocenters. The van der Waals surface area contributed by atoms with E-state index in [1.165, 1.54) is 0 Å². The third-order valence-corrected chi connectivity index (χ3v) is 3.42. The fourth-order valence-corrected chi connectivity index (χ4v) is 1.84. The second-order valence-corrected chi connectivity index (χ2v) is 4.35. The molecule has 0 bridgehead atoms. The number of rotatable bonds is 6. The molecule has 0 spiro atoms. The highest BCUT2D eigenvalue weighted by atomic mass is 15.2. The largest absolute Gasteiger partial charge is 0.312 e. The average molecular weight is 210 g/mol. The van der Waals surface area contributed by atoms with Crippen LogP contribution in [-0.4, -0.2) is 37.1 Å². The van der Waals surface area contributed by atoms with Crippen molar-refractivity contribution in [2.75, 3.05) is 20.6 Å². The van der Waals surface area contributed by atoms with Gasteiger partial charge >= 0.3 is 0 Å². The SMILES string of the molecule is CC#CCC(NCC)C(C)(CC)N(C)C.